The molecule has 0 atom stereocenters. The van der Waals surface area contributed by atoms with Gasteiger partial charge in [-0.15, -0.1) is 0 Å². The summed E-state index contributed by atoms with van der Waals surface area (Å²) >= 11 is 5.84. The van der Waals surface area contributed by atoms with Crippen LogP contribution in [0, 0.1) is 0 Å². The van der Waals surface area contributed by atoms with E-state index in [0.29, 0.717) is 17.3 Å². The van der Waals surface area contributed by atoms with Gasteiger partial charge in [0.1, 0.15) is 5.69 Å². The highest BCUT2D eigenvalue weighted by atomic mass is 35.5. The average Bonchev–Trinajstić information content (AvgIpc) is 2.79. The van der Waals surface area contributed by atoms with Crippen LogP contribution in [0.25, 0.3) is 0 Å². The first kappa shape index (κ1) is 10.8. The third kappa shape index (κ3) is 2.64. The lowest BCUT2D eigenvalue weighted by Crippen LogP contribution is -2.22. The van der Waals surface area contributed by atoms with E-state index in [1.54, 1.807) is 24.4 Å². The zero-order chi connectivity index (χ0) is 11.4. The summed E-state index contributed by atoms with van der Waals surface area (Å²) in [7, 11) is 0. The highest BCUT2D eigenvalue weighted by Crippen LogP contribution is 2.10. The van der Waals surface area contributed by atoms with Gasteiger partial charge in [-0.3, -0.25) is 4.79 Å². The molecule has 0 aliphatic carbocycles. The van der Waals surface area contributed by atoms with Gasteiger partial charge in [0.25, 0.3) is 5.91 Å². The van der Waals surface area contributed by atoms with Crippen LogP contribution < -0.4 is 5.32 Å². The summed E-state index contributed by atoms with van der Waals surface area (Å²) in [6.07, 6.45) is 1.72. The minimum absolute atomic E-state index is 0.120. The fraction of sp³-hybridized carbons (Fsp3) is 0.0833. The number of H-pyrrole nitrogens is 1. The second kappa shape index (κ2) is 4.86. The molecule has 3 nitrogen and oxygen atoms in total. The number of aromatic nitrogens is 1. The van der Waals surface area contributed by atoms with E-state index < -0.39 is 0 Å². The molecule has 0 radical (unpaired) electrons. The van der Waals surface area contributed by atoms with Crippen LogP contribution in [0.2, 0.25) is 5.02 Å². The lowest BCUT2D eigenvalue weighted by molar-refractivity contribution is 0.0946. The van der Waals surface area contributed by atoms with Crippen LogP contribution in [-0.4, -0.2) is 10.9 Å². The summed E-state index contributed by atoms with van der Waals surface area (Å²) in [5.74, 6) is -0.120. The first-order chi connectivity index (χ1) is 7.75. The summed E-state index contributed by atoms with van der Waals surface area (Å²) in [5, 5.41) is 3.47. The summed E-state index contributed by atoms with van der Waals surface area (Å²) < 4.78 is 0. The second-order valence-corrected chi connectivity index (χ2v) is 3.83. The number of carbonyl (C=O) groups excluding carboxylic acids is 1. The Kier molecular flexibility index (Phi) is 3.27. The molecule has 0 bridgehead atoms. The van der Waals surface area contributed by atoms with Gasteiger partial charge in [0.15, 0.2) is 0 Å². The molecule has 4 heteroatoms. The molecule has 82 valence electrons. The molecule has 2 N–H and O–H groups in total. The Labute approximate surface area is 98.4 Å². The SMILES string of the molecule is O=C(NCc1cccc(Cl)c1)c1ccc[nH]1. The van der Waals surface area contributed by atoms with Crippen LogP contribution in [0.15, 0.2) is 42.6 Å². The molecule has 0 saturated heterocycles. The number of benzene rings is 1. The lowest BCUT2D eigenvalue weighted by atomic mass is 10.2. The molecule has 1 amide bonds. The molecular formula is C12H11ClN2O. The van der Waals surface area contributed by atoms with Gasteiger partial charge in [-0.05, 0) is 29.8 Å². The molecule has 1 aromatic heterocycles. The Morgan fingerprint density at radius 2 is 2.19 bits per heavy atom. The van der Waals surface area contributed by atoms with E-state index in [0.717, 1.165) is 5.56 Å². The quantitative estimate of drug-likeness (QED) is 0.843. The minimum atomic E-state index is -0.120. The van der Waals surface area contributed by atoms with E-state index in [-0.39, 0.29) is 5.91 Å². The number of hydrogen-bond acceptors (Lipinski definition) is 1. The maximum atomic E-state index is 11.6. The molecule has 2 rings (SSSR count). The fourth-order valence-corrected chi connectivity index (χ4v) is 1.61. The van der Waals surface area contributed by atoms with Crippen molar-refractivity contribution in [3.05, 3.63) is 58.9 Å². The molecule has 0 saturated carbocycles. The van der Waals surface area contributed by atoms with Crippen LogP contribution in [0.1, 0.15) is 16.1 Å². The monoisotopic (exact) mass is 234 g/mol. The van der Waals surface area contributed by atoms with Crippen molar-refractivity contribution >= 4 is 17.5 Å². The lowest BCUT2D eigenvalue weighted by Gasteiger charge is -2.04. The van der Waals surface area contributed by atoms with Gasteiger partial charge >= 0.3 is 0 Å². The third-order valence-corrected chi connectivity index (χ3v) is 2.42. The summed E-state index contributed by atoms with van der Waals surface area (Å²) in [4.78, 5) is 14.4. The number of rotatable bonds is 3. The fourth-order valence-electron chi connectivity index (χ4n) is 1.40. The minimum Gasteiger partial charge on any atom is -0.357 e. The van der Waals surface area contributed by atoms with Gasteiger partial charge in [-0.1, -0.05) is 23.7 Å². The van der Waals surface area contributed by atoms with E-state index in [2.05, 4.69) is 10.3 Å². The molecule has 0 spiro atoms. The molecule has 0 aliphatic heterocycles. The van der Waals surface area contributed by atoms with Gasteiger partial charge in [-0.2, -0.15) is 0 Å². The van der Waals surface area contributed by atoms with Crippen molar-refractivity contribution < 1.29 is 4.79 Å². The maximum Gasteiger partial charge on any atom is 0.267 e. The Balaban J connectivity index is 1.95. The second-order valence-electron chi connectivity index (χ2n) is 3.40. The smallest absolute Gasteiger partial charge is 0.267 e. The average molecular weight is 235 g/mol. The van der Waals surface area contributed by atoms with Crippen LogP contribution >= 0.6 is 11.6 Å². The molecule has 0 unspecified atom stereocenters. The Morgan fingerprint density at radius 1 is 1.31 bits per heavy atom. The molecule has 0 fully saturated rings. The molecule has 1 heterocycles. The Morgan fingerprint density at radius 3 is 2.88 bits per heavy atom. The first-order valence-corrected chi connectivity index (χ1v) is 5.29. The standard InChI is InChI=1S/C12H11ClN2O/c13-10-4-1-3-9(7-10)8-15-12(16)11-5-2-6-14-11/h1-7,14H,8H2,(H,15,16). The van der Waals surface area contributed by atoms with E-state index in [1.165, 1.54) is 0 Å². The zero-order valence-corrected chi connectivity index (χ0v) is 9.29. The largest absolute Gasteiger partial charge is 0.357 e. The van der Waals surface area contributed by atoms with Crippen LogP contribution in [0.4, 0.5) is 0 Å². The van der Waals surface area contributed by atoms with E-state index >= 15 is 0 Å². The van der Waals surface area contributed by atoms with Crippen molar-refractivity contribution in [2.24, 2.45) is 0 Å². The Bertz CT molecular complexity index is 480. The van der Waals surface area contributed by atoms with E-state index in [9.17, 15) is 4.79 Å². The van der Waals surface area contributed by atoms with Crippen LogP contribution in [0.5, 0.6) is 0 Å². The number of amides is 1. The van der Waals surface area contributed by atoms with Crippen LogP contribution in [0.3, 0.4) is 0 Å². The summed E-state index contributed by atoms with van der Waals surface area (Å²) in [6, 6.07) is 10.9. The molecule has 2 aromatic rings. The molecule has 1 aromatic carbocycles. The number of carbonyl (C=O) groups is 1. The van der Waals surface area contributed by atoms with Gasteiger partial charge in [-0.25, -0.2) is 0 Å². The summed E-state index contributed by atoms with van der Waals surface area (Å²) in [6.45, 7) is 0.471. The first-order valence-electron chi connectivity index (χ1n) is 4.92. The molecule has 0 aliphatic rings. The van der Waals surface area contributed by atoms with Crippen molar-refractivity contribution in [1.82, 2.24) is 10.3 Å². The number of aromatic amines is 1. The summed E-state index contributed by atoms with van der Waals surface area (Å²) in [5.41, 5.74) is 1.54. The Hall–Kier alpha value is -1.74. The van der Waals surface area contributed by atoms with Crippen molar-refractivity contribution in [3.8, 4) is 0 Å². The molecular weight excluding hydrogens is 224 g/mol. The predicted molar refractivity (Wildman–Crippen MR) is 63.4 cm³/mol. The van der Waals surface area contributed by atoms with Gasteiger partial charge in [0.2, 0.25) is 0 Å². The zero-order valence-electron chi connectivity index (χ0n) is 8.53. The third-order valence-electron chi connectivity index (χ3n) is 2.18. The maximum absolute atomic E-state index is 11.6. The normalized spacial score (nSPS) is 10.1. The van der Waals surface area contributed by atoms with Crippen LogP contribution in [-0.2, 0) is 6.54 Å². The van der Waals surface area contributed by atoms with Gasteiger partial charge in [0, 0.05) is 17.8 Å². The number of hydrogen-bond donors (Lipinski definition) is 2. The highest BCUT2D eigenvalue weighted by Gasteiger charge is 2.04. The van der Waals surface area contributed by atoms with Crippen molar-refractivity contribution in [2.75, 3.05) is 0 Å². The topological polar surface area (TPSA) is 44.9 Å². The number of halogens is 1. The van der Waals surface area contributed by atoms with E-state index in [4.69, 9.17) is 11.6 Å². The van der Waals surface area contributed by atoms with Crippen molar-refractivity contribution in [2.45, 2.75) is 6.54 Å². The highest BCUT2D eigenvalue weighted by molar-refractivity contribution is 6.30. The van der Waals surface area contributed by atoms with Crippen molar-refractivity contribution in [3.63, 3.8) is 0 Å². The van der Waals surface area contributed by atoms with E-state index in [1.807, 2.05) is 18.2 Å². The van der Waals surface area contributed by atoms with Gasteiger partial charge < -0.3 is 10.3 Å². The van der Waals surface area contributed by atoms with Gasteiger partial charge in [0.05, 0.1) is 0 Å². The van der Waals surface area contributed by atoms with Crippen molar-refractivity contribution in [1.29, 1.82) is 0 Å². The molecule has 16 heavy (non-hydrogen) atoms. The number of nitrogens with one attached hydrogen (secondary N) is 2. The predicted octanol–water partition coefficient (Wildman–Crippen LogP) is 2.60.